The highest BCUT2D eigenvalue weighted by atomic mass is 16.7. The van der Waals surface area contributed by atoms with Crippen molar-refractivity contribution in [2.24, 2.45) is 0 Å². The van der Waals surface area contributed by atoms with Crippen LogP contribution >= 0.6 is 0 Å². The number of carbonyl (C=O) groups is 1. The maximum atomic E-state index is 11.4. The van der Waals surface area contributed by atoms with Crippen LogP contribution in [0.25, 0.3) is 0 Å². The number of ether oxygens (including phenoxy) is 4. The topological polar surface area (TPSA) is 187 Å². The largest absolute Gasteiger partial charge is 0.394 e. The lowest BCUT2D eigenvalue weighted by Gasteiger charge is -2.46. The normalized spacial score (nSPS) is 45.5. The van der Waals surface area contributed by atoms with Crippen molar-refractivity contribution in [3.8, 4) is 0 Å². The number of aliphatic hydroxyl groups is 6. The van der Waals surface area contributed by atoms with Gasteiger partial charge >= 0.3 is 0 Å². The van der Waals surface area contributed by atoms with Crippen molar-refractivity contribution in [3.05, 3.63) is 0 Å². The van der Waals surface area contributed by atoms with E-state index in [2.05, 4.69) is 5.32 Å². The molecule has 0 aliphatic carbocycles. The quantitative estimate of drug-likeness (QED) is 0.228. The van der Waals surface area contributed by atoms with Crippen LogP contribution in [0, 0.1) is 0 Å². The molecule has 0 aromatic heterocycles. The Morgan fingerprint density at radius 3 is 1.93 bits per heavy atom. The molecule has 2 heterocycles. The highest BCUT2D eigenvalue weighted by Gasteiger charge is 2.51. The Labute approximate surface area is 155 Å². The fraction of sp³-hybridized carbons (Fsp3) is 0.933. The molecule has 2 fully saturated rings. The van der Waals surface area contributed by atoms with Gasteiger partial charge in [0.15, 0.2) is 12.6 Å². The first-order valence-electron chi connectivity index (χ1n) is 8.45. The van der Waals surface area contributed by atoms with Crippen LogP contribution in [0.3, 0.4) is 0 Å². The molecule has 158 valence electrons. The number of nitrogens with one attached hydrogen (secondary N) is 1. The molecule has 2 rings (SSSR count). The van der Waals surface area contributed by atoms with Crippen LogP contribution < -0.4 is 5.32 Å². The number of methoxy groups -OCH3 is 1. The second-order valence-corrected chi connectivity index (χ2v) is 6.48. The minimum absolute atomic E-state index is 0.546. The van der Waals surface area contributed by atoms with Crippen LogP contribution in [0.1, 0.15) is 6.92 Å². The first-order chi connectivity index (χ1) is 12.7. The number of hydrogen-bond donors (Lipinski definition) is 7. The van der Waals surface area contributed by atoms with Gasteiger partial charge in [-0.25, -0.2) is 0 Å². The van der Waals surface area contributed by atoms with Crippen molar-refractivity contribution in [2.45, 2.75) is 68.3 Å². The minimum Gasteiger partial charge on any atom is -0.394 e. The van der Waals surface area contributed by atoms with Crippen LogP contribution in [0.2, 0.25) is 0 Å². The van der Waals surface area contributed by atoms with Crippen LogP contribution in [0.15, 0.2) is 0 Å². The number of aliphatic hydroxyl groups excluding tert-OH is 6. The lowest BCUT2D eigenvalue weighted by Crippen LogP contribution is -2.67. The Balaban J connectivity index is 2.22. The summed E-state index contributed by atoms with van der Waals surface area (Å²) in [6, 6.07) is -1.24. The Morgan fingerprint density at radius 2 is 1.44 bits per heavy atom. The molecule has 2 saturated heterocycles. The average molecular weight is 397 g/mol. The van der Waals surface area contributed by atoms with Crippen molar-refractivity contribution in [3.63, 3.8) is 0 Å². The van der Waals surface area contributed by atoms with Crippen molar-refractivity contribution in [2.75, 3.05) is 20.3 Å². The summed E-state index contributed by atoms with van der Waals surface area (Å²) in [4.78, 5) is 11.4. The predicted octanol–water partition coefficient (Wildman–Crippen LogP) is -4.60. The monoisotopic (exact) mass is 397 g/mol. The van der Waals surface area contributed by atoms with Gasteiger partial charge in [-0.3, -0.25) is 4.79 Å². The van der Waals surface area contributed by atoms with E-state index in [4.69, 9.17) is 18.9 Å². The predicted molar refractivity (Wildman–Crippen MR) is 85.0 cm³/mol. The maximum Gasteiger partial charge on any atom is 0.217 e. The van der Waals surface area contributed by atoms with E-state index in [0.29, 0.717) is 0 Å². The molecule has 12 heteroatoms. The molecule has 0 bridgehead atoms. The fourth-order valence-electron chi connectivity index (χ4n) is 3.13. The van der Waals surface area contributed by atoms with Gasteiger partial charge in [0, 0.05) is 14.0 Å². The Hall–Kier alpha value is -0.930. The van der Waals surface area contributed by atoms with Crippen molar-refractivity contribution in [1.82, 2.24) is 5.32 Å². The molecule has 0 radical (unpaired) electrons. The zero-order valence-electron chi connectivity index (χ0n) is 14.9. The standard InChI is InChI=1S/C15H27NO11/c1-5(19)16-8-11(22)9(20)6(3-17)25-14(8)27-13-12(23)10(21)7(4-18)26-15(13)24-2/h6-15,17-18,20-23H,3-4H2,1-2H3,(H,16,19)/t6-,7-,8+,9-,10-,11-,12+,13+,14+,15+/m1/s1. The van der Waals surface area contributed by atoms with Crippen LogP contribution in [0.4, 0.5) is 0 Å². The van der Waals surface area contributed by atoms with Gasteiger partial charge in [-0.2, -0.15) is 0 Å². The summed E-state index contributed by atoms with van der Waals surface area (Å²) in [6.07, 6.45) is -12.4. The number of amides is 1. The SMILES string of the molecule is CO[C@H]1O[C@H](CO)[C@@H](O)[C@H](O)[C@@H]1O[C@@H]1O[C@H](CO)[C@@H](O)[C@H](O)[C@@H]1NC(C)=O. The average Bonchev–Trinajstić information content (AvgIpc) is 2.64. The summed E-state index contributed by atoms with van der Waals surface area (Å²) >= 11 is 0. The third-order valence-corrected chi connectivity index (χ3v) is 4.60. The van der Waals surface area contributed by atoms with Crippen LogP contribution in [-0.2, 0) is 23.7 Å². The molecule has 0 aromatic carbocycles. The van der Waals surface area contributed by atoms with Gasteiger partial charge in [0.1, 0.15) is 48.8 Å². The molecule has 0 spiro atoms. The summed E-state index contributed by atoms with van der Waals surface area (Å²) in [5, 5.41) is 61.6. The molecule has 2 aliphatic rings. The molecule has 12 nitrogen and oxygen atoms in total. The molecular weight excluding hydrogens is 370 g/mol. The van der Waals surface area contributed by atoms with Gasteiger partial charge in [-0.1, -0.05) is 0 Å². The molecular formula is C15H27NO11. The summed E-state index contributed by atoms with van der Waals surface area (Å²) in [5.74, 6) is -0.546. The van der Waals surface area contributed by atoms with Gasteiger partial charge in [0.05, 0.1) is 13.2 Å². The molecule has 0 saturated carbocycles. The van der Waals surface area contributed by atoms with E-state index < -0.39 is 80.5 Å². The molecule has 7 N–H and O–H groups in total. The van der Waals surface area contributed by atoms with Gasteiger partial charge < -0.3 is 54.9 Å². The van der Waals surface area contributed by atoms with Crippen LogP contribution in [0.5, 0.6) is 0 Å². The fourth-order valence-corrected chi connectivity index (χ4v) is 3.13. The second-order valence-electron chi connectivity index (χ2n) is 6.48. The zero-order chi connectivity index (χ0) is 20.3. The van der Waals surface area contributed by atoms with Gasteiger partial charge in [0.2, 0.25) is 5.91 Å². The van der Waals surface area contributed by atoms with E-state index >= 15 is 0 Å². The smallest absolute Gasteiger partial charge is 0.217 e. The molecule has 10 atom stereocenters. The number of hydrogen-bond acceptors (Lipinski definition) is 11. The Bertz CT molecular complexity index is 492. The van der Waals surface area contributed by atoms with Crippen molar-refractivity contribution >= 4 is 5.91 Å². The highest BCUT2D eigenvalue weighted by Crippen LogP contribution is 2.29. The number of rotatable bonds is 6. The first kappa shape index (κ1) is 22.4. The van der Waals surface area contributed by atoms with E-state index in [1.807, 2.05) is 0 Å². The molecule has 1 amide bonds. The van der Waals surface area contributed by atoms with E-state index in [-0.39, 0.29) is 0 Å². The summed E-state index contributed by atoms with van der Waals surface area (Å²) in [7, 11) is 1.25. The minimum atomic E-state index is -1.56. The van der Waals surface area contributed by atoms with Gasteiger partial charge in [-0.15, -0.1) is 0 Å². The lowest BCUT2D eigenvalue weighted by atomic mass is 9.96. The molecule has 0 unspecified atom stereocenters. The summed E-state index contributed by atoms with van der Waals surface area (Å²) in [5.41, 5.74) is 0. The molecule has 2 aliphatic heterocycles. The van der Waals surface area contributed by atoms with Crippen molar-refractivity contribution < 1.29 is 54.4 Å². The Morgan fingerprint density at radius 1 is 0.926 bits per heavy atom. The lowest BCUT2D eigenvalue weighted by molar-refractivity contribution is -0.351. The maximum absolute atomic E-state index is 11.4. The third kappa shape index (κ3) is 4.74. The highest BCUT2D eigenvalue weighted by molar-refractivity contribution is 5.73. The van der Waals surface area contributed by atoms with E-state index in [9.17, 15) is 35.4 Å². The second kappa shape index (κ2) is 9.52. The van der Waals surface area contributed by atoms with E-state index in [0.717, 1.165) is 0 Å². The first-order valence-corrected chi connectivity index (χ1v) is 8.45. The summed E-state index contributed by atoms with van der Waals surface area (Å²) < 4.78 is 21.4. The van der Waals surface area contributed by atoms with Crippen LogP contribution in [-0.4, -0.2) is 118 Å². The molecule has 27 heavy (non-hydrogen) atoms. The van der Waals surface area contributed by atoms with E-state index in [1.165, 1.54) is 14.0 Å². The van der Waals surface area contributed by atoms with Crippen molar-refractivity contribution in [1.29, 1.82) is 0 Å². The Kier molecular flexibility index (Phi) is 7.88. The van der Waals surface area contributed by atoms with Gasteiger partial charge in [-0.05, 0) is 0 Å². The zero-order valence-corrected chi connectivity index (χ0v) is 14.9. The third-order valence-electron chi connectivity index (χ3n) is 4.60. The molecule has 0 aromatic rings. The van der Waals surface area contributed by atoms with E-state index in [1.54, 1.807) is 0 Å². The number of carbonyl (C=O) groups excluding carboxylic acids is 1. The summed E-state index contributed by atoms with van der Waals surface area (Å²) in [6.45, 7) is -0.0331. The van der Waals surface area contributed by atoms with Gasteiger partial charge in [0.25, 0.3) is 0 Å².